The van der Waals surface area contributed by atoms with Crippen LogP contribution < -0.4 is 0 Å². The predicted molar refractivity (Wildman–Crippen MR) is 62.2 cm³/mol. The third kappa shape index (κ3) is 2.09. The van der Waals surface area contributed by atoms with Gasteiger partial charge in [-0.2, -0.15) is 0 Å². The first-order valence-corrected chi connectivity index (χ1v) is 5.73. The van der Waals surface area contributed by atoms with Crippen molar-refractivity contribution in [2.45, 2.75) is 31.8 Å². The van der Waals surface area contributed by atoms with E-state index in [2.05, 4.69) is 24.0 Å². The van der Waals surface area contributed by atoms with Crippen molar-refractivity contribution < 1.29 is 9.90 Å². The molecule has 16 heavy (non-hydrogen) atoms. The van der Waals surface area contributed by atoms with E-state index in [0.717, 1.165) is 19.4 Å². The highest BCUT2D eigenvalue weighted by atomic mass is 16.4. The number of hydrogen-bond acceptors (Lipinski definition) is 2. The molecule has 0 spiro atoms. The lowest BCUT2D eigenvalue weighted by Gasteiger charge is -2.28. The molecule has 0 aliphatic carbocycles. The fraction of sp³-hybridized carbons (Fsp3) is 0.462. The van der Waals surface area contributed by atoms with Gasteiger partial charge in [0.2, 0.25) is 0 Å². The smallest absolute Gasteiger partial charge is 0.320 e. The maximum atomic E-state index is 11.1. The first-order valence-electron chi connectivity index (χ1n) is 5.73. The van der Waals surface area contributed by atoms with Crippen LogP contribution in [0.1, 0.15) is 31.4 Å². The summed E-state index contributed by atoms with van der Waals surface area (Å²) < 4.78 is 0. The molecule has 1 aromatic rings. The van der Waals surface area contributed by atoms with E-state index in [1.165, 1.54) is 5.56 Å². The summed E-state index contributed by atoms with van der Waals surface area (Å²) in [5, 5.41) is 9.14. The average molecular weight is 219 g/mol. The Morgan fingerprint density at radius 1 is 1.44 bits per heavy atom. The first kappa shape index (κ1) is 11.1. The second-order valence-corrected chi connectivity index (χ2v) is 4.32. The van der Waals surface area contributed by atoms with Gasteiger partial charge in [0.15, 0.2) is 0 Å². The zero-order chi connectivity index (χ0) is 11.5. The third-order valence-electron chi connectivity index (χ3n) is 3.36. The topological polar surface area (TPSA) is 40.5 Å². The molecule has 0 amide bonds. The Balaban J connectivity index is 2.15. The second kappa shape index (κ2) is 4.66. The minimum atomic E-state index is -0.694. The van der Waals surface area contributed by atoms with E-state index in [9.17, 15) is 4.79 Å². The monoisotopic (exact) mass is 219 g/mol. The minimum Gasteiger partial charge on any atom is -0.480 e. The maximum absolute atomic E-state index is 11.1. The van der Waals surface area contributed by atoms with Gasteiger partial charge in [-0.25, -0.2) is 0 Å². The summed E-state index contributed by atoms with van der Waals surface area (Å²) in [6.07, 6.45) is 1.75. The van der Waals surface area contributed by atoms with Crippen molar-refractivity contribution >= 4 is 5.97 Å². The molecule has 1 aliphatic rings. The van der Waals surface area contributed by atoms with E-state index in [0.29, 0.717) is 0 Å². The number of aliphatic carboxylic acids is 1. The molecule has 1 saturated heterocycles. The molecule has 1 aliphatic heterocycles. The summed E-state index contributed by atoms with van der Waals surface area (Å²) in [5.74, 6) is -0.694. The van der Waals surface area contributed by atoms with E-state index in [1.54, 1.807) is 0 Å². The Labute approximate surface area is 95.7 Å². The van der Waals surface area contributed by atoms with Gasteiger partial charge < -0.3 is 5.11 Å². The lowest BCUT2D eigenvalue weighted by Crippen LogP contribution is -2.37. The number of benzene rings is 1. The van der Waals surface area contributed by atoms with Crippen molar-refractivity contribution in [3.8, 4) is 0 Å². The van der Waals surface area contributed by atoms with Gasteiger partial charge >= 0.3 is 5.97 Å². The molecule has 3 heteroatoms. The molecule has 0 radical (unpaired) electrons. The molecule has 86 valence electrons. The average Bonchev–Trinajstić information content (AvgIpc) is 2.78. The van der Waals surface area contributed by atoms with Crippen LogP contribution in [0.3, 0.4) is 0 Å². The summed E-state index contributed by atoms with van der Waals surface area (Å²) in [5.41, 5.74) is 1.19. The van der Waals surface area contributed by atoms with E-state index in [-0.39, 0.29) is 12.1 Å². The van der Waals surface area contributed by atoms with Crippen molar-refractivity contribution in [1.82, 2.24) is 4.90 Å². The van der Waals surface area contributed by atoms with Crippen LogP contribution in [0.2, 0.25) is 0 Å². The summed E-state index contributed by atoms with van der Waals surface area (Å²) in [4.78, 5) is 13.2. The lowest BCUT2D eigenvalue weighted by atomic mass is 10.1. The Bertz CT molecular complexity index is 363. The Morgan fingerprint density at radius 3 is 2.75 bits per heavy atom. The quantitative estimate of drug-likeness (QED) is 0.848. The molecule has 3 nitrogen and oxygen atoms in total. The SMILES string of the molecule is C[C@@H](c1ccccc1)N1CCCC1C(=O)O. The zero-order valence-electron chi connectivity index (χ0n) is 9.47. The van der Waals surface area contributed by atoms with Gasteiger partial charge in [-0.3, -0.25) is 9.69 Å². The predicted octanol–water partition coefficient (Wildman–Crippen LogP) is 2.30. The van der Waals surface area contributed by atoms with Crippen molar-refractivity contribution in [3.63, 3.8) is 0 Å². The molecule has 1 unspecified atom stereocenters. The van der Waals surface area contributed by atoms with Crippen LogP contribution in [0.25, 0.3) is 0 Å². The molecule has 2 rings (SSSR count). The van der Waals surface area contributed by atoms with Crippen molar-refractivity contribution in [3.05, 3.63) is 35.9 Å². The summed E-state index contributed by atoms with van der Waals surface area (Å²) >= 11 is 0. The van der Waals surface area contributed by atoms with Crippen LogP contribution in [-0.4, -0.2) is 28.6 Å². The summed E-state index contributed by atoms with van der Waals surface area (Å²) in [7, 11) is 0. The van der Waals surface area contributed by atoms with Crippen molar-refractivity contribution in [2.24, 2.45) is 0 Å². The molecule has 1 fully saturated rings. The van der Waals surface area contributed by atoms with Gasteiger partial charge in [-0.15, -0.1) is 0 Å². The highest BCUT2D eigenvalue weighted by Crippen LogP contribution is 2.28. The fourth-order valence-electron chi connectivity index (χ4n) is 2.44. The molecule has 1 aromatic carbocycles. The van der Waals surface area contributed by atoms with Crippen LogP contribution in [0.15, 0.2) is 30.3 Å². The van der Waals surface area contributed by atoms with E-state index in [4.69, 9.17) is 5.11 Å². The normalized spacial score (nSPS) is 23.2. The Morgan fingerprint density at radius 2 is 2.12 bits per heavy atom. The molecule has 2 atom stereocenters. The van der Waals surface area contributed by atoms with Crippen molar-refractivity contribution in [2.75, 3.05) is 6.54 Å². The second-order valence-electron chi connectivity index (χ2n) is 4.32. The molecule has 0 saturated carbocycles. The highest BCUT2D eigenvalue weighted by Gasteiger charge is 2.33. The van der Waals surface area contributed by atoms with Gasteiger partial charge in [-0.1, -0.05) is 30.3 Å². The van der Waals surface area contributed by atoms with Crippen LogP contribution in [-0.2, 0) is 4.79 Å². The maximum Gasteiger partial charge on any atom is 0.320 e. The third-order valence-corrected chi connectivity index (χ3v) is 3.36. The highest BCUT2D eigenvalue weighted by molar-refractivity contribution is 5.73. The van der Waals surface area contributed by atoms with Crippen LogP contribution in [0.5, 0.6) is 0 Å². The number of rotatable bonds is 3. The summed E-state index contributed by atoms with van der Waals surface area (Å²) in [6, 6.07) is 9.97. The van der Waals surface area contributed by atoms with Crippen LogP contribution in [0.4, 0.5) is 0 Å². The summed E-state index contributed by atoms with van der Waals surface area (Å²) in [6.45, 7) is 2.96. The standard InChI is InChI=1S/C13H17NO2/c1-10(11-6-3-2-4-7-11)14-9-5-8-12(14)13(15)16/h2-4,6-7,10,12H,5,8-9H2,1H3,(H,15,16)/t10-,12?/m0/s1. The largest absolute Gasteiger partial charge is 0.480 e. The van der Waals surface area contributed by atoms with Gasteiger partial charge in [-0.05, 0) is 31.9 Å². The van der Waals surface area contributed by atoms with E-state index in [1.807, 2.05) is 18.2 Å². The number of carbonyl (C=O) groups is 1. The van der Waals surface area contributed by atoms with Crippen molar-refractivity contribution in [1.29, 1.82) is 0 Å². The van der Waals surface area contributed by atoms with E-state index >= 15 is 0 Å². The van der Waals surface area contributed by atoms with Gasteiger partial charge in [0.1, 0.15) is 6.04 Å². The number of carboxylic acid groups (broad SMARTS) is 1. The van der Waals surface area contributed by atoms with Crippen LogP contribution in [0, 0.1) is 0 Å². The van der Waals surface area contributed by atoms with Gasteiger partial charge in [0, 0.05) is 6.04 Å². The number of likely N-dealkylation sites (tertiary alicyclic amines) is 1. The van der Waals surface area contributed by atoms with E-state index < -0.39 is 5.97 Å². The number of carboxylic acids is 1. The molecular formula is C13H17NO2. The van der Waals surface area contributed by atoms with Gasteiger partial charge in [0.05, 0.1) is 0 Å². The van der Waals surface area contributed by atoms with Crippen LogP contribution >= 0.6 is 0 Å². The fourth-order valence-corrected chi connectivity index (χ4v) is 2.44. The Kier molecular flexibility index (Phi) is 3.25. The molecular weight excluding hydrogens is 202 g/mol. The Hall–Kier alpha value is -1.35. The zero-order valence-corrected chi connectivity index (χ0v) is 9.47. The van der Waals surface area contributed by atoms with Gasteiger partial charge in [0.25, 0.3) is 0 Å². The molecule has 1 N–H and O–H groups in total. The first-order chi connectivity index (χ1) is 7.70. The molecule has 0 aromatic heterocycles. The molecule has 1 heterocycles. The minimum absolute atomic E-state index is 0.185. The molecule has 0 bridgehead atoms. The number of hydrogen-bond donors (Lipinski definition) is 1. The lowest BCUT2D eigenvalue weighted by molar-refractivity contribution is -0.142. The number of nitrogens with zero attached hydrogens (tertiary/aromatic N) is 1.